The highest BCUT2D eigenvalue weighted by molar-refractivity contribution is 5.64. The minimum Gasteiger partial charge on any atom is -0.402 e. The number of fused-ring (bicyclic) bond motifs is 7. The van der Waals surface area contributed by atoms with Gasteiger partial charge in [-0.3, -0.25) is 0 Å². The minimum atomic E-state index is -0.287. The quantitative estimate of drug-likeness (QED) is 0.328. The molecule has 0 aliphatic heterocycles. The van der Waals surface area contributed by atoms with Crippen molar-refractivity contribution in [3.63, 3.8) is 0 Å². The van der Waals surface area contributed by atoms with Crippen LogP contribution < -0.4 is 5.73 Å². The molecular formula is C30H48N2O. The lowest BCUT2D eigenvalue weighted by Gasteiger charge is -2.72. The number of aliphatic hydroxyl groups is 1. The van der Waals surface area contributed by atoms with Crippen LogP contribution in [0.5, 0.6) is 0 Å². The molecule has 0 radical (unpaired) electrons. The Morgan fingerprint density at radius 2 is 1.79 bits per heavy atom. The molecule has 0 aromatic carbocycles. The van der Waals surface area contributed by atoms with E-state index in [1.807, 2.05) is 6.21 Å². The molecule has 184 valence electrons. The molecule has 5 rings (SSSR count). The Labute approximate surface area is 202 Å². The standard InChI is InChI=1S/C30H48N2O/c1-19(2)20-9-14-30(17-31)16-15-28(5)21(25(20)30)7-8-23-26(3)12-11-24(32)27(4,18-33)22(26)10-13-29(23,28)6/h11,17,20-23,25,31,33H,1,7-10,12-16,18,32H2,2-6H3/t20-,21+,22+,23+,25+,26-,27?,28+,29+,30+/m0/s1. The van der Waals surface area contributed by atoms with E-state index in [-0.39, 0.29) is 22.9 Å². The molecule has 1 unspecified atom stereocenters. The first-order valence-corrected chi connectivity index (χ1v) is 13.7. The summed E-state index contributed by atoms with van der Waals surface area (Å²) < 4.78 is 0. The first-order chi connectivity index (χ1) is 15.4. The maximum Gasteiger partial charge on any atom is 0.0542 e. The first-order valence-electron chi connectivity index (χ1n) is 13.7. The van der Waals surface area contributed by atoms with Crippen molar-refractivity contribution in [1.82, 2.24) is 0 Å². The molecule has 3 heteroatoms. The smallest absolute Gasteiger partial charge is 0.0542 e. The molecule has 0 saturated heterocycles. The summed E-state index contributed by atoms with van der Waals surface area (Å²) >= 11 is 0. The van der Waals surface area contributed by atoms with Gasteiger partial charge in [0.1, 0.15) is 0 Å². The lowest BCUT2D eigenvalue weighted by atomic mass is 9.32. The summed E-state index contributed by atoms with van der Waals surface area (Å²) in [5.41, 5.74) is 9.41. The Morgan fingerprint density at radius 3 is 2.42 bits per heavy atom. The third kappa shape index (κ3) is 2.69. The topological polar surface area (TPSA) is 70.1 Å². The Kier molecular flexibility index (Phi) is 5.17. The highest BCUT2D eigenvalue weighted by atomic mass is 16.3. The molecule has 0 heterocycles. The zero-order valence-electron chi connectivity index (χ0n) is 21.8. The van der Waals surface area contributed by atoms with E-state index in [4.69, 9.17) is 11.1 Å². The number of nitrogens with one attached hydrogen (secondary N) is 1. The Morgan fingerprint density at radius 1 is 1.06 bits per heavy atom. The van der Waals surface area contributed by atoms with Crippen LogP contribution in [0.3, 0.4) is 0 Å². The van der Waals surface area contributed by atoms with Crippen LogP contribution in [0.4, 0.5) is 0 Å². The van der Waals surface area contributed by atoms with Gasteiger partial charge in [-0.2, -0.15) is 0 Å². The van der Waals surface area contributed by atoms with E-state index in [2.05, 4.69) is 47.3 Å². The molecule has 33 heavy (non-hydrogen) atoms. The van der Waals surface area contributed by atoms with Crippen molar-refractivity contribution < 1.29 is 5.11 Å². The summed E-state index contributed by atoms with van der Waals surface area (Å²) in [6, 6.07) is 0. The van der Waals surface area contributed by atoms with Crippen LogP contribution in [0.1, 0.15) is 92.4 Å². The highest BCUT2D eigenvalue weighted by Crippen LogP contribution is 2.77. The molecule has 5 aliphatic rings. The van der Waals surface area contributed by atoms with Gasteiger partial charge in [-0.25, -0.2) is 0 Å². The van der Waals surface area contributed by atoms with E-state index >= 15 is 0 Å². The molecule has 0 amide bonds. The van der Waals surface area contributed by atoms with Gasteiger partial charge in [0.2, 0.25) is 0 Å². The zero-order chi connectivity index (χ0) is 24.0. The summed E-state index contributed by atoms with van der Waals surface area (Å²) in [7, 11) is 0. The van der Waals surface area contributed by atoms with Gasteiger partial charge in [-0.1, -0.05) is 45.9 Å². The maximum atomic E-state index is 10.5. The SMILES string of the molecule is C=C(C)[C@@H]1CC[C@]2(C=N)CC[C@]3(C)[C@H](CC[C@@H]4[C@@]5(C)CC=C(N)C(C)(CO)[C@@H]5CC[C@]43C)[C@@H]12. The molecule has 5 aliphatic carbocycles. The fraction of sp³-hybridized carbons (Fsp3) is 0.833. The molecule has 4 saturated carbocycles. The second-order valence-corrected chi connectivity index (χ2v) is 14.0. The Hall–Kier alpha value is -1.09. The maximum absolute atomic E-state index is 10.5. The van der Waals surface area contributed by atoms with Gasteiger partial charge in [0, 0.05) is 22.7 Å². The summed E-state index contributed by atoms with van der Waals surface area (Å²) in [4.78, 5) is 0. The van der Waals surface area contributed by atoms with E-state index in [1.54, 1.807) is 0 Å². The zero-order valence-corrected chi connectivity index (χ0v) is 21.8. The average Bonchev–Trinajstić information content (AvgIpc) is 3.17. The Balaban J connectivity index is 1.57. The number of allylic oxidation sites excluding steroid dienone is 2. The largest absolute Gasteiger partial charge is 0.402 e. The third-order valence-electron chi connectivity index (χ3n) is 13.2. The van der Waals surface area contributed by atoms with Crippen LogP contribution in [0.2, 0.25) is 0 Å². The van der Waals surface area contributed by atoms with E-state index in [0.29, 0.717) is 40.4 Å². The summed E-state index contributed by atoms with van der Waals surface area (Å²) in [5.74, 6) is 2.99. The predicted molar refractivity (Wildman–Crippen MR) is 137 cm³/mol. The van der Waals surface area contributed by atoms with Gasteiger partial charge in [-0.15, -0.1) is 0 Å². The second kappa shape index (κ2) is 7.21. The fourth-order valence-corrected chi connectivity index (χ4v) is 11.1. The van der Waals surface area contributed by atoms with Crippen LogP contribution in [0.15, 0.2) is 23.9 Å². The van der Waals surface area contributed by atoms with Crippen LogP contribution in [0.25, 0.3) is 0 Å². The molecule has 4 N–H and O–H groups in total. The van der Waals surface area contributed by atoms with Crippen molar-refractivity contribution in [1.29, 1.82) is 5.41 Å². The van der Waals surface area contributed by atoms with Crippen molar-refractivity contribution in [3.05, 3.63) is 23.9 Å². The number of rotatable bonds is 3. The van der Waals surface area contributed by atoms with Gasteiger partial charge in [0.15, 0.2) is 0 Å². The molecule has 3 nitrogen and oxygen atoms in total. The summed E-state index contributed by atoms with van der Waals surface area (Å²) in [6.45, 7) is 16.9. The predicted octanol–water partition coefficient (Wildman–Crippen LogP) is 6.72. The molecule has 4 fully saturated rings. The lowest BCUT2D eigenvalue weighted by molar-refractivity contribution is -0.224. The monoisotopic (exact) mass is 452 g/mol. The van der Waals surface area contributed by atoms with Crippen molar-refractivity contribution >= 4 is 6.21 Å². The fourth-order valence-electron chi connectivity index (χ4n) is 11.1. The number of nitrogens with two attached hydrogens (primary N) is 1. The van der Waals surface area contributed by atoms with Crippen molar-refractivity contribution in [2.24, 2.45) is 62.4 Å². The van der Waals surface area contributed by atoms with E-state index in [1.165, 1.54) is 56.9 Å². The van der Waals surface area contributed by atoms with Crippen LogP contribution in [-0.2, 0) is 0 Å². The molecule has 0 spiro atoms. The van der Waals surface area contributed by atoms with Crippen LogP contribution in [0, 0.1) is 62.1 Å². The summed E-state index contributed by atoms with van der Waals surface area (Å²) in [5, 5.41) is 18.9. The van der Waals surface area contributed by atoms with E-state index < -0.39 is 0 Å². The van der Waals surface area contributed by atoms with Gasteiger partial charge < -0.3 is 16.2 Å². The summed E-state index contributed by atoms with van der Waals surface area (Å²) in [6.07, 6.45) is 15.0. The molecule has 0 aromatic heterocycles. The van der Waals surface area contributed by atoms with Crippen molar-refractivity contribution in [2.45, 2.75) is 92.4 Å². The lowest BCUT2D eigenvalue weighted by Crippen LogP contribution is -2.66. The minimum absolute atomic E-state index is 0.107. The Bertz CT molecular complexity index is 894. The van der Waals surface area contributed by atoms with Gasteiger partial charge in [0.05, 0.1) is 6.61 Å². The second-order valence-electron chi connectivity index (χ2n) is 14.0. The van der Waals surface area contributed by atoms with Crippen molar-refractivity contribution in [3.8, 4) is 0 Å². The number of hydrogen-bond donors (Lipinski definition) is 3. The third-order valence-corrected chi connectivity index (χ3v) is 13.2. The highest BCUT2D eigenvalue weighted by Gasteiger charge is 2.70. The van der Waals surface area contributed by atoms with Gasteiger partial charge in [-0.05, 0) is 111 Å². The normalized spacial score (nSPS) is 55.5. The van der Waals surface area contributed by atoms with Gasteiger partial charge in [0.25, 0.3) is 0 Å². The van der Waals surface area contributed by atoms with Crippen molar-refractivity contribution in [2.75, 3.05) is 6.61 Å². The van der Waals surface area contributed by atoms with Gasteiger partial charge >= 0.3 is 0 Å². The van der Waals surface area contributed by atoms with Crippen LogP contribution >= 0.6 is 0 Å². The molecular weight excluding hydrogens is 404 g/mol. The molecule has 0 bridgehead atoms. The van der Waals surface area contributed by atoms with E-state index in [0.717, 1.165) is 12.1 Å². The van der Waals surface area contributed by atoms with E-state index in [9.17, 15) is 5.11 Å². The molecule has 10 atom stereocenters. The molecule has 0 aromatic rings. The number of hydrogen-bond acceptors (Lipinski definition) is 3. The number of aliphatic hydroxyl groups excluding tert-OH is 1. The van der Waals surface area contributed by atoms with Crippen LogP contribution in [-0.4, -0.2) is 17.9 Å². The average molecular weight is 453 g/mol. The first kappa shape index (κ1) is 23.6.